The third-order valence-corrected chi connectivity index (χ3v) is 12.7. The Bertz CT molecular complexity index is 2060. The predicted octanol–water partition coefficient (Wildman–Crippen LogP) is 2.22. The molecule has 0 spiro atoms. The second-order valence-electron chi connectivity index (χ2n) is 16.4. The number of Topliss-reactive ketones (excluding diaryl/α,β-unsaturated/α-hetero) is 1. The predicted molar refractivity (Wildman–Crippen MR) is 205 cm³/mol. The first-order valence-corrected chi connectivity index (χ1v) is 19.5. The Labute approximate surface area is 346 Å². The molecule has 0 radical (unpaired) electrons. The van der Waals surface area contributed by atoms with Gasteiger partial charge in [0.25, 0.3) is 0 Å². The average molecular weight is 838 g/mol. The molecular weight excluding hydrogens is 786 g/mol. The number of ketones is 1. The smallest absolute Gasteiger partial charge is 0.338 e. The van der Waals surface area contributed by atoms with Gasteiger partial charge in [-0.3, -0.25) is 14.4 Å². The van der Waals surface area contributed by atoms with Crippen LogP contribution in [0.2, 0.25) is 0 Å². The van der Waals surface area contributed by atoms with Gasteiger partial charge in [0, 0.05) is 32.3 Å². The number of methoxy groups -OCH3 is 1. The van der Waals surface area contributed by atoms with E-state index < -0.39 is 119 Å². The SMILES string of the molecule is C/C=C\C(=O)N[C@@H](c1ccco1)[C@@H](O)C(=O)O[C@H]1C[C@@]2(O)C(OC(=O)c3ccccc3)C3[C@](C)(C(=O)[C@H](O)C(=C1C)C2(C)C)[C@@H](OC(=O)COC)C[C@H]1OC[C@@]31OC(C)=O. The number of rotatable bonds is 12. The molecule has 4 N–H and O–H groups in total. The van der Waals surface area contributed by atoms with Crippen molar-refractivity contribution in [2.75, 3.05) is 20.3 Å². The minimum absolute atomic E-state index is 0.0141. The van der Waals surface area contributed by atoms with E-state index in [0.717, 1.165) is 6.92 Å². The zero-order valence-electron chi connectivity index (χ0n) is 34.4. The summed E-state index contributed by atoms with van der Waals surface area (Å²) in [5.41, 5.74) is -7.91. The van der Waals surface area contributed by atoms with Gasteiger partial charge in [0.2, 0.25) is 5.91 Å². The Hall–Kier alpha value is -5.20. The summed E-state index contributed by atoms with van der Waals surface area (Å²) in [6.45, 7) is 7.81. The number of hydrogen-bond donors (Lipinski definition) is 4. The van der Waals surface area contributed by atoms with Gasteiger partial charge in [-0.2, -0.15) is 0 Å². The molecule has 2 unspecified atom stereocenters. The molecule has 60 heavy (non-hydrogen) atoms. The van der Waals surface area contributed by atoms with E-state index in [4.69, 9.17) is 32.8 Å². The highest BCUT2D eigenvalue weighted by Crippen LogP contribution is 2.64. The topological polar surface area (TPSA) is 244 Å². The number of ether oxygens (including phenoxy) is 6. The quantitative estimate of drug-likeness (QED) is 0.104. The fraction of sp³-hybridized carbons (Fsp3) is 0.535. The number of nitrogens with one attached hydrogen (secondary N) is 1. The van der Waals surface area contributed by atoms with Crippen LogP contribution in [0, 0.1) is 16.7 Å². The van der Waals surface area contributed by atoms with Crippen LogP contribution in [0.5, 0.6) is 0 Å². The van der Waals surface area contributed by atoms with Crippen LogP contribution in [0.25, 0.3) is 0 Å². The molecule has 1 saturated heterocycles. The molecule has 17 heteroatoms. The van der Waals surface area contributed by atoms with Crippen LogP contribution in [0.4, 0.5) is 0 Å². The highest BCUT2D eigenvalue weighted by molar-refractivity contribution is 5.94. The van der Waals surface area contributed by atoms with Gasteiger partial charge in [-0.15, -0.1) is 0 Å². The summed E-state index contributed by atoms with van der Waals surface area (Å²) in [6.07, 6.45) is -6.88. The normalized spacial score (nSPS) is 32.8. The standard InChI is InChI=1S/C43H51NO16/c1-8-13-29(46)44-32(25-16-12-17-55-25)34(49)39(52)57-26-19-43(53)37(59-38(51)24-14-10-9-11-15-24)35-41(6,36(50)33(48)31(22(26)2)40(43,4)5)27(58-30(47)20-54-7)18-28-42(35,21-56-28)60-23(3)45/h8-17,26-28,32-35,37,48-49,53H,18-21H2,1-7H3,(H,44,46)/b13-8-/t26-,27-,28+,32-,33+,34+,35?,37?,41+,42-,43+/m0/s1. The van der Waals surface area contributed by atoms with E-state index in [2.05, 4.69) is 5.32 Å². The maximum Gasteiger partial charge on any atom is 0.338 e. The van der Waals surface area contributed by atoms with E-state index in [9.17, 15) is 39.3 Å². The van der Waals surface area contributed by atoms with E-state index in [1.807, 2.05) is 0 Å². The lowest BCUT2D eigenvalue weighted by Crippen LogP contribution is -2.82. The number of aliphatic hydroxyl groups excluding tert-OH is 2. The van der Waals surface area contributed by atoms with E-state index in [0.29, 0.717) is 0 Å². The maximum atomic E-state index is 15.3. The first-order chi connectivity index (χ1) is 28.3. The van der Waals surface area contributed by atoms with Gasteiger partial charge in [0.15, 0.2) is 17.5 Å². The molecule has 324 valence electrons. The van der Waals surface area contributed by atoms with Crippen molar-refractivity contribution in [3.8, 4) is 0 Å². The minimum atomic E-state index is -2.41. The minimum Gasteiger partial charge on any atom is -0.467 e. The van der Waals surface area contributed by atoms with Crippen LogP contribution >= 0.6 is 0 Å². The number of carbonyl (C=O) groups excluding carboxylic acids is 6. The average Bonchev–Trinajstić information content (AvgIpc) is 3.73. The van der Waals surface area contributed by atoms with Crippen LogP contribution in [-0.2, 0) is 52.4 Å². The highest BCUT2D eigenvalue weighted by Gasteiger charge is 2.78. The summed E-state index contributed by atoms with van der Waals surface area (Å²) in [5.74, 6) is -7.10. The lowest BCUT2D eigenvalue weighted by atomic mass is 9.44. The first-order valence-electron chi connectivity index (χ1n) is 19.5. The molecular formula is C43H51NO16. The van der Waals surface area contributed by atoms with E-state index in [-0.39, 0.29) is 35.5 Å². The number of aliphatic hydroxyl groups is 3. The van der Waals surface area contributed by atoms with Crippen LogP contribution in [0.15, 0.2) is 76.4 Å². The second kappa shape index (κ2) is 16.7. The third-order valence-electron chi connectivity index (χ3n) is 12.7. The molecule has 2 saturated carbocycles. The molecule has 17 nitrogen and oxygen atoms in total. The number of benzene rings is 1. The number of furan rings is 1. The molecule has 2 bridgehead atoms. The number of esters is 4. The molecule has 1 amide bonds. The van der Waals surface area contributed by atoms with Crippen LogP contribution < -0.4 is 5.32 Å². The van der Waals surface area contributed by atoms with Crippen molar-refractivity contribution in [1.29, 1.82) is 0 Å². The van der Waals surface area contributed by atoms with Gasteiger partial charge in [-0.25, -0.2) is 14.4 Å². The molecule has 3 aliphatic carbocycles. The maximum absolute atomic E-state index is 15.3. The van der Waals surface area contributed by atoms with E-state index in [1.54, 1.807) is 25.1 Å². The fourth-order valence-electron chi connectivity index (χ4n) is 9.71. The Morgan fingerprint density at radius 1 is 1.03 bits per heavy atom. The highest BCUT2D eigenvalue weighted by atomic mass is 16.6. The van der Waals surface area contributed by atoms with Gasteiger partial charge >= 0.3 is 23.9 Å². The monoisotopic (exact) mass is 837 g/mol. The van der Waals surface area contributed by atoms with Gasteiger partial charge < -0.3 is 53.5 Å². The van der Waals surface area contributed by atoms with E-state index in [1.165, 1.54) is 77.5 Å². The van der Waals surface area contributed by atoms with Gasteiger partial charge in [0.05, 0.1) is 29.8 Å². The summed E-state index contributed by atoms with van der Waals surface area (Å²) in [7, 11) is 1.27. The molecule has 4 aliphatic rings. The molecule has 6 rings (SSSR count). The summed E-state index contributed by atoms with van der Waals surface area (Å²) in [6, 6.07) is 9.25. The van der Waals surface area contributed by atoms with Crippen molar-refractivity contribution in [1.82, 2.24) is 5.32 Å². The number of carbonyl (C=O) groups is 6. The Morgan fingerprint density at radius 3 is 2.32 bits per heavy atom. The molecule has 11 atom stereocenters. The Kier molecular flexibility index (Phi) is 12.3. The molecule has 1 aromatic heterocycles. The first kappa shape index (κ1) is 44.4. The zero-order chi connectivity index (χ0) is 43.9. The fourth-order valence-corrected chi connectivity index (χ4v) is 9.71. The number of amides is 1. The molecule has 1 aromatic carbocycles. The summed E-state index contributed by atoms with van der Waals surface area (Å²) < 4.78 is 40.6. The zero-order valence-corrected chi connectivity index (χ0v) is 34.4. The number of fused-ring (bicyclic) bond motifs is 5. The van der Waals surface area contributed by atoms with Crippen molar-refractivity contribution < 1.29 is 76.9 Å². The lowest BCUT2D eigenvalue weighted by Gasteiger charge is -2.67. The summed E-state index contributed by atoms with van der Waals surface area (Å²) in [5, 5.41) is 39.9. The number of allylic oxidation sites excluding steroid dienone is 1. The van der Waals surface area contributed by atoms with Gasteiger partial charge in [0.1, 0.15) is 54.5 Å². The van der Waals surface area contributed by atoms with Gasteiger partial charge in [-0.1, -0.05) is 38.1 Å². The van der Waals surface area contributed by atoms with Crippen LogP contribution in [0.3, 0.4) is 0 Å². The Balaban J connectivity index is 1.54. The number of hydrogen-bond acceptors (Lipinski definition) is 16. The van der Waals surface area contributed by atoms with Crippen LogP contribution in [0.1, 0.15) is 76.5 Å². The molecule has 2 aromatic rings. The molecule has 3 fully saturated rings. The largest absolute Gasteiger partial charge is 0.467 e. The lowest BCUT2D eigenvalue weighted by molar-refractivity contribution is -0.346. The Morgan fingerprint density at radius 2 is 1.73 bits per heavy atom. The van der Waals surface area contributed by atoms with Crippen molar-refractivity contribution in [3.05, 3.63) is 83.3 Å². The van der Waals surface area contributed by atoms with Crippen molar-refractivity contribution in [3.63, 3.8) is 0 Å². The van der Waals surface area contributed by atoms with Crippen molar-refractivity contribution in [2.24, 2.45) is 16.7 Å². The third kappa shape index (κ3) is 7.35. The summed E-state index contributed by atoms with van der Waals surface area (Å²) in [4.78, 5) is 82.3. The van der Waals surface area contributed by atoms with E-state index >= 15 is 4.79 Å². The molecule has 1 aliphatic heterocycles. The van der Waals surface area contributed by atoms with Crippen molar-refractivity contribution >= 4 is 35.6 Å². The van der Waals surface area contributed by atoms with Crippen molar-refractivity contribution in [2.45, 2.75) is 108 Å². The van der Waals surface area contributed by atoms with Gasteiger partial charge in [-0.05, 0) is 62.3 Å². The van der Waals surface area contributed by atoms with Crippen LogP contribution in [-0.4, -0.2) is 119 Å². The second-order valence-corrected chi connectivity index (χ2v) is 16.4. The summed E-state index contributed by atoms with van der Waals surface area (Å²) >= 11 is 0. The molecule has 2 heterocycles.